The molecule has 0 bridgehead atoms. The van der Waals surface area contributed by atoms with E-state index in [1.807, 2.05) is 55.5 Å². The van der Waals surface area contributed by atoms with Gasteiger partial charge < -0.3 is 9.15 Å². The Morgan fingerprint density at radius 2 is 1.67 bits per heavy atom. The fraction of sp³-hybridized carbons (Fsp3) is 0.176. The Bertz CT molecular complexity index is 715. The summed E-state index contributed by atoms with van der Waals surface area (Å²) in [5.41, 5.74) is 3.25. The van der Waals surface area contributed by atoms with Crippen molar-refractivity contribution >= 4 is 0 Å². The summed E-state index contributed by atoms with van der Waals surface area (Å²) in [5, 5.41) is 8.21. The molecule has 3 aromatic rings. The summed E-state index contributed by atoms with van der Waals surface area (Å²) in [6.07, 6.45) is 0.614. The summed E-state index contributed by atoms with van der Waals surface area (Å²) in [7, 11) is 1.65. The van der Waals surface area contributed by atoms with Crippen LogP contribution in [0.25, 0.3) is 11.5 Å². The Balaban J connectivity index is 1.76. The molecule has 0 saturated carbocycles. The minimum Gasteiger partial charge on any atom is -0.497 e. The number of aryl methyl sites for hydroxylation is 1. The van der Waals surface area contributed by atoms with Crippen molar-refractivity contribution in [2.24, 2.45) is 0 Å². The SMILES string of the molecule is COc1ccc(Cc2nnc(-c3ccc(C)cc3)o2)cc1. The van der Waals surface area contributed by atoms with E-state index in [2.05, 4.69) is 10.2 Å². The smallest absolute Gasteiger partial charge is 0.247 e. The molecule has 0 N–H and O–H groups in total. The zero-order valence-electron chi connectivity index (χ0n) is 12.0. The molecule has 1 heterocycles. The normalized spacial score (nSPS) is 10.6. The number of hydrogen-bond acceptors (Lipinski definition) is 4. The molecule has 2 aromatic carbocycles. The van der Waals surface area contributed by atoms with Gasteiger partial charge in [-0.25, -0.2) is 0 Å². The highest BCUT2D eigenvalue weighted by Gasteiger charge is 2.09. The Kier molecular flexibility index (Phi) is 3.69. The van der Waals surface area contributed by atoms with E-state index in [1.165, 1.54) is 5.56 Å². The van der Waals surface area contributed by atoms with Crippen molar-refractivity contribution < 1.29 is 9.15 Å². The van der Waals surface area contributed by atoms with Gasteiger partial charge in [0.2, 0.25) is 11.8 Å². The predicted octanol–water partition coefficient (Wildman–Crippen LogP) is 3.64. The number of rotatable bonds is 4. The second kappa shape index (κ2) is 5.79. The van der Waals surface area contributed by atoms with Gasteiger partial charge in [-0.2, -0.15) is 0 Å². The summed E-state index contributed by atoms with van der Waals surface area (Å²) in [6.45, 7) is 2.05. The fourth-order valence-corrected chi connectivity index (χ4v) is 2.06. The molecule has 0 spiro atoms. The maximum Gasteiger partial charge on any atom is 0.247 e. The third-order valence-electron chi connectivity index (χ3n) is 3.28. The standard InChI is InChI=1S/C17H16N2O2/c1-12-3-7-14(8-4-12)17-19-18-16(21-17)11-13-5-9-15(20-2)10-6-13/h3-10H,11H2,1-2H3. The fourth-order valence-electron chi connectivity index (χ4n) is 2.06. The quantitative estimate of drug-likeness (QED) is 0.732. The lowest BCUT2D eigenvalue weighted by molar-refractivity contribution is 0.414. The first-order valence-electron chi connectivity index (χ1n) is 6.77. The third kappa shape index (κ3) is 3.11. The summed E-state index contributed by atoms with van der Waals surface area (Å²) in [5.74, 6) is 2.00. The van der Waals surface area contributed by atoms with E-state index in [9.17, 15) is 0 Å². The van der Waals surface area contributed by atoms with Gasteiger partial charge in [0.25, 0.3) is 0 Å². The zero-order chi connectivity index (χ0) is 14.7. The van der Waals surface area contributed by atoms with E-state index in [0.717, 1.165) is 16.9 Å². The second-order valence-corrected chi connectivity index (χ2v) is 4.89. The number of methoxy groups -OCH3 is 1. The maximum absolute atomic E-state index is 5.72. The van der Waals surface area contributed by atoms with Gasteiger partial charge in [-0.3, -0.25) is 0 Å². The van der Waals surface area contributed by atoms with Crippen molar-refractivity contribution in [1.29, 1.82) is 0 Å². The molecule has 0 atom stereocenters. The first-order valence-corrected chi connectivity index (χ1v) is 6.77. The molecule has 0 unspecified atom stereocenters. The van der Waals surface area contributed by atoms with Crippen LogP contribution in [-0.2, 0) is 6.42 Å². The van der Waals surface area contributed by atoms with Crippen LogP contribution in [0.5, 0.6) is 5.75 Å². The average Bonchev–Trinajstić information content (AvgIpc) is 2.97. The van der Waals surface area contributed by atoms with E-state index >= 15 is 0 Å². The van der Waals surface area contributed by atoms with Crippen molar-refractivity contribution in [1.82, 2.24) is 10.2 Å². The van der Waals surface area contributed by atoms with Crippen LogP contribution in [-0.4, -0.2) is 17.3 Å². The molecule has 106 valence electrons. The molecule has 0 amide bonds. The Morgan fingerprint density at radius 1 is 0.952 bits per heavy atom. The number of nitrogens with zero attached hydrogens (tertiary/aromatic N) is 2. The van der Waals surface area contributed by atoms with Crippen LogP contribution in [0.2, 0.25) is 0 Å². The highest BCUT2D eigenvalue weighted by molar-refractivity contribution is 5.52. The first kappa shape index (κ1) is 13.4. The molecule has 21 heavy (non-hydrogen) atoms. The summed E-state index contributed by atoms with van der Waals surface area (Å²) < 4.78 is 10.9. The van der Waals surface area contributed by atoms with Gasteiger partial charge in [0.05, 0.1) is 13.5 Å². The molecular formula is C17H16N2O2. The van der Waals surface area contributed by atoms with E-state index in [0.29, 0.717) is 18.2 Å². The highest BCUT2D eigenvalue weighted by Crippen LogP contribution is 2.20. The van der Waals surface area contributed by atoms with Crippen LogP contribution in [0.15, 0.2) is 52.9 Å². The number of ether oxygens (including phenoxy) is 1. The Hall–Kier alpha value is -2.62. The van der Waals surface area contributed by atoms with Gasteiger partial charge in [-0.1, -0.05) is 29.8 Å². The van der Waals surface area contributed by atoms with Gasteiger partial charge >= 0.3 is 0 Å². The topological polar surface area (TPSA) is 48.2 Å². The third-order valence-corrected chi connectivity index (χ3v) is 3.28. The molecule has 0 fully saturated rings. The van der Waals surface area contributed by atoms with Crippen molar-refractivity contribution in [3.63, 3.8) is 0 Å². The molecule has 0 radical (unpaired) electrons. The molecule has 4 heteroatoms. The van der Waals surface area contributed by atoms with Crippen molar-refractivity contribution in [3.05, 3.63) is 65.5 Å². The lowest BCUT2D eigenvalue weighted by atomic mass is 10.1. The molecule has 0 aliphatic carbocycles. The maximum atomic E-state index is 5.72. The van der Waals surface area contributed by atoms with Crippen molar-refractivity contribution in [2.45, 2.75) is 13.3 Å². The second-order valence-electron chi connectivity index (χ2n) is 4.89. The highest BCUT2D eigenvalue weighted by atomic mass is 16.5. The lowest BCUT2D eigenvalue weighted by Crippen LogP contribution is -1.89. The van der Waals surface area contributed by atoms with Crippen LogP contribution in [0.1, 0.15) is 17.0 Å². The average molecular weight is 280 g/mol. The molecule has 0 saturated heterocycles. The Morgan fingerprint density at radius 3 is 2.33 bits per heavy atom. The zero-order valence-corrected chi connectivity index (χ0v) is 12.0. The van der Waals surface area contributed by atoms with Crippen LogP contribution in [0.3, 0.4) is 0 Å². The summed E-state index contributed by atoms with van der Waals surface area (Å²) >= 11 is 0. The largest absolute Gasteiger partial charge is 0.497 e. The van der Waals surface area contributed by atoms with Gasteiger partial charge in [-0.05, 0) is 36.8 Å². The molecular weight excluding hydrogens is 264 g/mol. The van der Waals surface area contributed by atoms with Crippen LogP contribution in [0.4, 0.5) is 0 Å². The predicted molar refractivity (Wildman–Crippen MR) is 80.3 cm³/mol. The van der Waals surface area contributed by atoms with E-state index in [1.54, 1.807) is 7.11 Å². The number of aromatic nitrogens is 2. The molecule has 1 aromatic heterocycles. The number of benzene rings is 2. The van der Waals surface area contributed by atoms with Crippen LogP contribution in [0, 0.1) is 6.92 Å². The minimum absolute atomic E-state index is 0.554. The van der Waals surface area contributed by atoms with E-state index in [4.69, 9.17) is 9.15 Å². The van der Waals surface area contributed by atoms with E-state index < -0.39 is 0 Å². The van der Waals surface area contributed by atoms with Crippen molar-refractivity contribution in [3.8, 4) is 17.2 Å². The first-order chi connectivity index (χ1) is 10.2. The van der Waals surface area contributed by atoms with Gasteiger partial charge in [-0.15, -0.1) is 10.2 Å². The Labute approximate surface area is 123 Å². The van der Waals surface area contributed by atoms with Crippen LogP contribution < -0.4 is 4.74 Å². The van der Waals surface area contributed by atoms with Gasteiger partial charge in [0, 0.05) is 5.56 Å². The summed E-state index contributed by atoms with van der Waals surface area (Å²) in [6, 6.07) is 15.9. The lowest BCUT2D eigenvalue weighted by Gasteiger charge is -2.00. The van der Waals surface area contributed by atoms with Crippen LogP contribution >= 0.6 is 0 Å². The number of hydrogen-bond donors (Lipinski definition) is 0. The monoisotopic (exact) mass is 280 g/mol. The minimum atomic E-state index is 0.554. The summed E-state index contributed by atoms with van der Waals surface area (Å²) in [4.78, 5) is 0. The van der Waals surface area contributed by atoms with E-state index in [-0.39, 0.29) is 0 Å². The van der Waals surface area contributed by atoms with Crippen molar-refractivity contribution in [2.75, 3.05) is 7.11 Å². The molecule has 3 rings (SSSR count). The van der Waals surface area contributed by atoms with Gasteiger partial charge in [0.1, 0.15) is 5.75 Å². The molecule has 0 aliphatic rings. The molecule has 4 nitrogen and oxygen atoms in total. The molecule has 0 aliphatic heterocycles. The van der Waals surface area contributed by atoms with Gasteiger partial charge in [0.15, 0.2) is 0 Å².